The molecule has 0 aliphatic carbocycles. The Bertz CT molecular complexity index is 817. The molecule has 0 saturated carbocycles. The van der Waals surface area contributed by atoms with Gasteiger partial charge in [-0.15, -0.1) is 23.5 Å². The summed E-state index contributed by atoms with van der Waals surface area (Å²) < 4.78 is 9.38. The number of nitrogens with zero attached hydrogens (tertiary/aromatic N) is 2. The van der Waals surface area contributed by atoms with Gasteiger partial charge in [-0.2, -0.15) is 0 Å². The molecule has 0 spiro atoms. The van der Waals surface area contributed by atoms with Crippen LogP contribution in [-0.2, 0) is 23.8 Å². The summed E-state index contributed by atoms with van der Waals surface area (Å²) in [5.74, 6) is -1.02. The smallest absolute Gasteiger partial charge is 0.378 e. The predicted molar refractivity (Wildman–Crippen MR) is 106 cm³/mol. The summed E-state index contributed by atoms with van der Waals surface area (Å²) in [5, 5.41) is -0.312. The van der Waals surface area contributed by atoms with Crippen LogP contribution in [0.25, 0.3) is 0 Å². The van der Waals surface area contributed by atoms with Crippen LogP contribution in [0, 0.1) is 5.92 Å². The first-order valence-corrected chi connectivity index (χ1v) is 10.5. The van der Waals surface area contributed by atoms with Gasteiger partial charge < -0.3 is 9.39 Å². The van der Waals surface area contributed by atoms with Gasteiger partial charge in [-0.05, 0) is 17.7 Å². The van der Waals surface area contributed by atoms with Gasteiger partial charge >= 0.3 is 20.0 Å². The molecule has 3 rings (SSSR count). The maximum atomic E-state index is 12.6. The van der Waals surface area contributed by atoms with Gasteiger partial charge in [0, 0.05) is 28.8 Å². The van der Waals surface area contributed by atoms with Crippen molar-refractivity contribution in [2.24, 2.45) is 5.92 Å². The lowest BCUT2D eigenvalue weighted by Gasteiger charge is -2.49. The largest absolute Gasteiger partial charge is 0.539 e. The van der Waals surface area contributed by atoms with Crippen molar-refractivity contribution in [3.05, 3.63) is 48.5 Å². The van der Waals surface area contributed by atoms with Crippen LogP contribution < -0.4 is 0 Å². The molecule has 1 aromatic heterocycles. The van der Waals surface area contributed by atoms with E-state index in [1.54, 1.807) is 12.4 Å². The number of pyridine rings is 1. The number of ether oxygens (including phenoxy) is 1. The lowest BCUT2D eigenvalue weighted by molar-refractivity contribution is -0.157. The molecular weight excluding hydrogens is 399 g/mol. The van der Waals surface area contributed by atoms with Crippen LogP contribution in [0.4, 0.5) is 0 Å². The van der Waals surface area contributed by atoms with Crippen molar-refractivity contribution in [2.75, 3.05) is 18.1 Å². The number of esters is 1. The van der Waals surface area contributed by atoms with E-state index in [4.69, 9.17) is 12.8 Å². The van der Waals surface area contributed by atoms with Crippen molar-refractivity contribution in [2.45, 2.75) is 16.7 Å². The molecule has 1 saturated heterocycles. The molecule has 7 nitrogen and oxygen atoms in total. The van der Waals surface area contributed by atoms with Crippen LogP contribution in [0.3, 0.4) is 0 Å². The van der Waals surface area contributed by atoms with Gasteiger partial charge in [-0.3, -0.25) is 19.5 Å². The molecule has 0 aromatic carbocycles. The minimum absolute atomic E-state index is 0.0348. The van der Waals surface area contributed by atoms with E-state index < -0.39 is 17.9 Å². The Kier molecular flexibility index (Phi) is 6.85. The minimum atomic E-state index is -0.753. The summed E-state index contributed by atoms with van der Waals surface area (Å²) in [6.45, 7) is 3.58. The Morgan fingerprint density at radius 2 is 2.18 bits per heavy atom. The van der Waals surface area contributed by atoms with Crippen LogP contribution in [0.5, 0.6) is 0 Å². The van der Waals surface area contributed by atoms with Crippen LogP contribution in [-0.4, -0.2) is 59.3 Å². The van der Waals surface area contributed by atoms with E-state index in [0.29, 0.717) is 11.5 Å². The Morgan fingerprint density at radius 1 is 1.43 bits per heavy atom. The number of carbonyl (C=O) groups is 3. The summed E-state index contributed by atoms with van der Waals surface area (Å²) in [6, 6.07) is 3.73. The van der Waals surface area contributed by atoms with Crippen LogP contribution in [0.1, 0.15) is 6.42 Å². The Hall–Kier alpha value is -2.20. The Balaban J connectivity index is 1.74. The first-order chi connectivity index (χ1) is 13.6. The number of fused-ring (bicyclic) bond motifs is 1. The predicted octanol–water partition coefficient (Wildman–Crippen LogP) is 1.71. The van der Waals surface area contributed by atoms with Crippen molar-refractivity contribution in [3.63, 3.8) is 0 Å². The number of amides is 1. The molecule has 1 fully saturated rings. The van der Waals surface area contributed by atoms with E-state index in [-0.39, 0.29) is 30.0 Å². The fourth-order valence-electron chi connectivity index (χ4n) is 2.97. The van der Waals surface area contributed by atoms with E-state index in [1.807, 2.05) is 12.1 Å². The summed E-state index contributed by atoms with van der Waals surface area (Å²) in [5.41, 5.74) is 0.938. The third kappa shape index (κ3) is 4.28. The number of thioether (sulfide) groups is 2. The molecule has 2 radical (unpaired) electrons. The molecule has 2 atom stereocenters. The number of hydrogen-bond acceptors (Lipinski definition) is 8. The Labute approximate surface area is 172 Å². The average molecular weight is 416 g/mol. The summed E-state index contributed by atoms with van der Waals surface area (Å²) in [4.78, 5) is 43.1. The highest BCUT2D eigenvalue weighted by atomic mass is 32.2. The molecule has 1 aromatic rings. The van der Waals surface area contributed by atoms with Crippen molar-refractivity contribution in [1.29, 1.82) is 0 Å². The summed E-state index contributed by atoms with van der Waals surface area (Å²) in [7, 11) is 5.09. The minimum Gasteiger partial charge on any atom is -0.539 e. The molecule has 0 unspecified atom stereocenters. The highest BCUT2D eigenvalue weighted by Gasteiger charge is 2.54. The zero-order valence-corrected chi connectivity index (χ0v) is 16.5. The van der Waals surface area contributed by atoms with Gasteiger partial charge in [0.15, 0.2) is 0 Å². The van der Waals surface area contributed by atoms with Gasteiger partial charge in [-0.1, -0.05) is 12.7 Å². The van der Waals surface area contributed by atoms with Crippen molar-refractivity contribution in [1.82, 2.24) is 9.88 Å². The third-order valence-electron chi connectivity index (χ3n) is 4.27. The van der Waals surface area contributed by atoms with Gasteiger partial charge in [0.25, 0.3) is 0 Å². The molecule has 10 heteroatoms. The molecule has 0 N–H and O–H groups in total. The zero-order chi connectivity index (χ0) is 20.1. The lowest BCUT2D eigenvalue weighted by atomic mass is 9.92. The van der Waals surface area contributed by atoms with Crippen molar-refractivity contribution < 1.29 is 23.8 Å². The SMILES string of the molecule is [B]OC(=O)C1=C(CSc2ccncc2)CS[C@@H]2[C@H](CC(=O)OCC=C)C(=O)N12. The maximum absolute atomic E-state index is 12.6. The van der Waals surface area contributed by atoms with E-state index in [1.165, 1.54) is 34.5 Å². The fraction of sp³-hybridized carbons (Fsp3) is 0.333. The molecule has 28 heavy (non-hydrogen) atoms. The van der Waals surface area contributed by atoms with Crippen molar-refractivity contribution >= 4 is 49.4 Å². The maximum Gasteiger partial charge on any atom is 0.378 e. The van der Waals surface area contributed by atoms with Crippen molar-refractivity contribution in [3.8, 4) is 0 Å². The second-order valence-corrected chi connectivity index (χ2v) is 8.17. The quantitative estimate of drug-likeness (QED) is 0.208. The molecule has 1 amide bonds. The van der Waals surface area contributed by atoms with Gasteiger partial charge in [0.1, 0.15) is 12.3 Å². The summed E-state index contributed by atoms with van der Waals surface area (Å²) in [6.07, 6.45) is 4.80. The standard InChI is InChI=1S/C18H17BN2O5S2/c1-2-7-25-14(22)8-13-16(23)21-15(18(24)26-19)11(10-28-17(13)21)9-27-12-3-5-20-6-4-12/h2-6,13,17H,1,7-10H2/t13-,17-/m1/s1. The molecule has 3 heterocycles. The van der Waals surface area contributed by atoms with Gasteiger partial charge in [0.2, 0.25) is 5.91 Å². The van der Waals surface area contributed by atoms with Gasteiger partial charge in [0.05, 0.1) is 17.7 Å². The van der Waals surface area contributed by atoms with E-state index in [0.717, 1.165) is 10.5 Å². The molecule has 0 bridgehead atoms. The summed E-state index contributed by atoms with van der Waals surface area (Å²) >= 11 is 3.04. The highest BCUT2D eigenvalue weighted by molar-refractivity contribution is 8.01. The van der Waals surface area contributed by atoms with E-state index in [2.05, 4.69) is 16.2 Å². The first kappa shape index (κ1) is 20.5. The topological polar surface area (TPSA) is 85.8 Å². The number of β-lactam (4-membered cyclic amide) rings is 1. The number of carbonyl (C=O) groups excluding carboxylic acids is 3. The van der Waals surface area contributed by atoms with Crippen LogP contribution in [0.2, 0.25) is 0 Å². The molecule has 2 aliphatic heterocycles. The zero-order valence-electron chi connectivity index (χ0n) is 14.9. The average Bonchev–Trinajstić information content (AvgIpc) is 2.73. The van der Waals surface area contributed by atoms with Gasteiger partial charge in [-0.25, -0.2) is 4.79 Å². The number of rotatable bonds is 8. The highest BCUT2D eigenvalue weighted by Crippen LogP contribution is 2.46. The number of hydrogen-bond donors (Lipinski definition) is 0. The third-order valence-corrected chi connectivity index (χ3v) is 6.76. The normalized spacial score (nSPS) is 20.9. The Morgan fingerprint density at radius 3 is 2.86 bits per heavy atom. The molecule has 2 aliphatic rings. The second kappa shape index (κ2) is 9.33. The fourth-order valence-corrected chi connectivity index (χ4v) is 5.41. The van der Waals surface area contributed by atoms with Crippen LogP contribution >= 0.6 is 23.5 Å². The second-order valence-electron chi connectivity index (χ2n) is 6.02. The first-order valence-electron chi connectivity index (χ1n) is 8.44. The monoisotopic (exact) mass is 416 g/mol. The molecular formula is C18H17BN2O5S2. The lowest BCUT2D eigenvalue weighted by Crippen LogP contribution is -2.62. The number of aromatic nitrogens is 1. The molecule has 144 valence electrons. The van der Waals surface area contributed by atoms with Crippen LogP contribution in [0.15, 0.2) is 53.3 Å². The van der Waals surface area contributed by atoms with E-state index >= 15 is 0 Å². The van der Waals surface area contributed by atoms with E-state index in [9.17, 15) is 14.4 Å².